The third kappa shape index (κ3) is 3.22. The molecule has 0 amide bonds. The van der Waals surface area contributed by atoms with Crippen LogP contribution in [0.1, 0.15) is 11.1 Å². The molecule has 0 bridgehead atoms. The quantitative estimate of drug-likeness (QED) is 0.519. The largest absolute Gasteiger partial charge is 0.482 e. The zero-order chi connectivity index (χ0) is 13.8. The van der Waals surface area contributed by atoms with E-state index in [1.807, 2.05) is 19.1 Å². The van der Waals surface area contributed by atoms with Gasteiger partial charge < -0.3 is 10.5 Å². The van der Waals surface area contributed by atoms with Crippen LogP contribution in [-0.2, 0) is 6.61 Å². The van der Waals surface area contributed by atoms with Crippen molar-refractivity contribution in [1.82, 2.24) is 0 Å². The van der Waals surface area contributed by atoms with Gasteiger partial charge in [0.15, 0.2) is 5.75 Å². The number of nitrogen functional groups attached to an aromatic ring is 1. The van der Waals surface area contributed by atoms with Crippen molar-refractivity contribution in [2.75, 3.05) is 5.73 Å². The van der Waals surface area contributed by atoms with Crippen LogP contribution >= 0.6 is 0 Å². The van der Waals surface area contributed by atoms with Gasteiger partial charge >= 0.3 is 5.69 Å². The van der Waals surface area contributed by atoms with Gasteiger partial charge in [0.2, 0.25) is 0 Å². The van der Waals surface area contributed by atoms with Gasteiger partial charge in [-0.1, -0.05) is 18.2 Å². The number of nitro groups is 1. The molecule has 2 aromatic rings. The molecule has 0 spiro atoms. The summed E-state index contributed by atoms with van der Waals surface area (Å²) in [7, 11) is 0. The van der Waals surface area contributed by atoms with Gasteiger partial charge in [-0.25, -0.2) is 0 Å². The van der Waals surface area contributed by atoms with Crippen LogP contribution in [0.5, 0.6) is 5.75 Å². The van der Waals surface area contributed by atoms with Gasteiger partial charge in [0.05, 0.1) is 4.92 Å². The van der Waals surface area contributed by atoms with Crippen LogP contribution in [0.3, 0.4) is 0 Å². The molecule has 0 aliphatic rings. The van der Waals surface area contributed by atoms with E-state index in [1.165, 1.54) is 6.07 Å². The van der Waals surface area contributed by atoms with E-state index >= 15 is 0 Å². The predicted molar refractivity (Wildman–Crippen MR) is 73.0 cm³/mol. The molecule has 0 atom stereocenters. The SMILES string of the molecule is Cc1ccc([N+](=O)[O-])c(OCc2cccc(N)c2)c1. The molecule has 5 nitrogen and oxygen atoms in total. The first kappa shape index (κ1) is 12.9. The molecule has 0 aliphatic heterocycles. The van der Waals surface area contributed by atoms with Crippen LogP contribution in [0.25, 0.3) is 0 Å². The molecule has 98 valence electrons. The van der Waals surface area contributed by atoms with Crippen LogP contribution in [0, 0.1) is 17.0 Å². The van der Waals surface area contributed by atoms with Crippen molar-refractivity contribution in [3.63, 3.8) is 0 Å². The third-order valence-electron chi connectivity index (χ3n) is 2.66. The summed E-state index contributed by atoms with van der Waals surface area (Å²) in [5.41, 5.74) is 8.05. The molecule has 0 heterocycles. The number of nitrogens with two attached hydrogens (primary N) is 1. The monoisotopic (exact) mass is 258 g/mol. The van der Waals surface area contributed by atoms with Crippen LogP contribution in [0.2, 0.25) is 0 Å². The molecule has 0 saturated heterocycles. The van der Waals surface area contributed by atoms with Crippen LogP contribution in [0.15, 0.2) is 42.5 Å². The lowest BCUT2D eigenvalue weighted by Crippen LogP contribution is -2.00. The van der Waals surface area contributed by atoms with Gasteiger partial charge in [0, 0.05) is 11.8 Å². The second kappa shape index (κ2) is 5.39. The Kier molecular flexibility index (Phi) is 3.66. The number of hydrogen-bond acceptors (Lipinski definition) is 4. The lowest BCUT2D eigenvalue weighted by Gasteiger charge is -2.08. The first-order chi connectivity index (χ1) is 9.06. The molecule has 5 heteroatoms. The second-order valence-corrected chi connectivity index (χ2v) is 4.26. The van der Waals surface area contributed by atoms with Crippen molar-refractivity contribution in [3.05, 3.63) is 63.7 Å². The fourth-order valence-corrected chi connectivity index (χ4v) is 1.73. The normalized spacial score (nSPS) is 10.2. The average molecular weight is 258 g/mol. The third-order valence-corrected chi connectivity index (χ3v) is 2.66. The molecular formula is C14H14N2O3. The Labute approximate surface area is 110 Å². The van der Waals surface area contributed by atoms with Gasteiger partial charge in [-0.05, 0) is 36.2 Å². The number of ether oxygens (including phenoxy) is 1. The Morgan fingerprint density at radius 3 is 2.74 bits per heavy atom. The topological polar surface area (TPSA) is 78.4 Å². The number of aryl methyl sites for hydroxylation is 1. The minimum absolute atomic E-state index is 0.0329. The maximum absolute atomic E-state index is 10.9. The summed E-state index contributed by atoms with van der Waals surface area (Å²) >= 11 is 0. The van der Waals surface area contributed by atoms with Gasteiger partial charge in [-0.15, -0.1) is 0 Å². The molecule has 0 unspecified atom stereocenters. The fraction of sp³-hybridized carbons (Fsp3) is 0.143. The van der Waals surface area contributed by atoms with Crippen LogP contribution < -0.4 is 10.5 Å². The molecule has 2 aromatic carbocycles. The van der Waals surface area contributed by atoms with E-state index in [0.29, 0.717) is 5.69 Å². The maximum Gasteiger partial charge on any atom is 0.310 e. The van der Waals surface area contributed by atoms with E-state index in [4.69, 9.17) is 10.5 Å². The van der Waals surface area contributed by atoms with E-state index in [1.54, 1.807) is 24.3 Å². The van der Waals surface area contributed by atoms with Crippen molar-refractivity contribution in [2.45, 2.75) is 13.5 Å². The Morgan fingerprint density at radius 1 is 1.26 bits per heavy atom. The number of benzene rings is 2. The summed E-state index contributed by atoms with van der Waals surface area (Å²) in [6.07, 6.45) is 0. The highest BCUT2D eigenvalue weighted by molar-refractivity contribution is 5.48. The number of hydrogen-bond donors (Lipinski definition) is 1. The number of nitro benzene ring substituents is 1. The Balaban J connectivity index is 2.19. The van der Waals surface area contributed by atoms with Crippen molar-refractivity contribution in [3.8, 4) is 5.75 Å². The molecule has 0 saturated carbocycles. The molecule has 0 radical (unpaired) electrons. The molecule has 2 N–H and O–H groups in total. The predicted octanol–water partition coefficient (Wildman–Crippen LogP) is 3.06. The lowest BCUT2D eigenvalue weighted by atomic mass is 10.2. The number of nitrogens with zero attached hydrogens (tertiary/aromatic N) is 1. The van der Waals surface area contributed by atoms with Gasteiger partial charge in [0.1, 0.15) is 6.61 Å². The highest BCUT2D eigenvalue weighted by atomic mass is 16.6. The summed E-state index contributed by atoms with van der Waals surface area (Å²) in [5.74, 6) is 0.271. The summed E-state index contributed by atoms with van der Waals surface area (Å²) in [5, 5.41) is 10.9. The summed E-state index contributed by atoms with van der Waals surface area (Å²) < 4.78 is 5.52. The fourth-order valence-electron chi connectivity index (χ4n) is 1.73. The first-order valence-electron chi connectivity index (χ1n) is 5.78. The molecular weight excluding hydrogens is 244 g/mol. The highest BCUT2D eigenvalue weighted by Gasteiger charge is 2.14. The van der Waals surface area contributed by atoms with Gasteiger partial charge in [-0.2, -0.15) is 0 Å². The first-order valence-corrected chi connectivity index (χ1v) is 5.78. The van der Waals surface area contributed by atoms with E-state index in [2.05, 4.69) is 0 Å². The zero-order valence-electron chi connectivity index (χ0n) is 10.5. The second-order valence-electron chi connectivity index (χ2n) is 4.26. The minimum Gasteiger partial charge on any atom is -0.482 e. The molecule has 0 aromatic heterocycles. The van der Waals surface area contributed by atoms with E-state index < -0.39 is 4.92 Å². The van der Waals surface area contributed by atoms with Crippen molar-refractivity contribution < 1.29 is 9.66 Å². The van der Waals surface area contributed by atoms with Gasteiger partial charge in [0.25, 0.3) is 0 Å². The lowest BCUT2D eigenvalue weighted by molar-refractivity contribution is -0.386. The average Bonchev–Trinajstić information content (AvgIpc) is 2.36. The van der Waals surface area contributed by atoms with Crippen molar-refractivity contribution >= 4 is 11.4 Å². The molecule has 0 fully saturated rings. The van der Waals surface area contributed by atoms with E-state index in [9.17, 15) is 10.1 Å². The molecule has 2 rings (SSSR count). The zero-order valence-corrected chi connectivity index (χ0v) is 10.5. The summed E-state index contributed by atoms with van der Waals surface area (Å²) in [6.45, 7) is 2.10. The van der Waals surface area contributed by atoms with Crippen LogP contribution in [-0.4, -0.2) is 4.92 Å². The Bertz CT molecular complexity index is 611. The number of anilines is 1. The smallest absolute Gasteiger partial charge is 0.310 e. The summed E-state index contributed by atoms with van der Waals surface area (Å²) in [6, 6.07) is 12.0. The molecule has 0 aliphatic carbocycles. The summed E-state index contributed by atoms with van der Waals surface area (Å²) in [4.78, 5) is 10.5. The molecule has 19 heavy (non-hydrogen) atoms. The number of rotatable bonds is 4. The van der Waals surface area contributed by atoms with Crippen LogP contribution in [0.4, 0.5) is 11.4 Å². The van der Waals surface area contributed by atoms with E-state index in [-0.39, 0.29) is 18.0 Å². The van der Waals surface area contributed by atoms with Gasteiger partial charge in [-0.3, -0.25) is 10.1 Å². The maximum atomic E-state index is 10.9. The Morgan fingerprint density at radius 2 is 2.05 bits per heavy atom. The standard InChI is InChI=1S/C14H14N2O3/c1-10-5-6-13(16(17)18)14(7-10)19-9-11-3-2-4-12(15)8-11/h2-8H,9,15H2,1H3. The minimum atomic E-state index is -0.450. The Hall–Kier alpha value is -2.56. The van der Waals surface area contributed by atoms with E-state index in [0.717, 1.165) is 11.1 Å². The van der Waals surface area contributed by atoms with Crippen molar-refractivity contribution in [2.24, 2.45) is 0 Å². The highest BCUT2D eigenvalue weighted by Crippen LogP contribution is 2.28. The van der Waals surface area contributed by atoms with Crippen molar-refractivity contribution in [1.29, 1.82) is 0 Å².